The van der Waals surface area contributed by atoms with E-state index in [4.69, 9.17) is 9.47 Å². The van der Waals surface area contributed by atoms with E-state index >= 15 is 0 Å². The van der Waals surface area contributed by atoms with Gasteiger partial charge in [0, 0.05) is 23.6 Å². The van der Waals surface area contributed by atoms with Gasteiger partial charge in [-0.2, -0.15) is 0 Å². The predicted octanol–water partition coefficient (Wildman–Crippen LogP) is 5.68. The van der Waals surface area contributed by atoms with Gasteiger partial charge in [0.25, 0.3) is 0 Å². The molecule has 31 heavy (non-hydrogen) atoms. The van der Waals surface area contributed by atoms with Crippen LogP contribution in [0.3, 0.4) is 0 Å². The van der Waals surface area contributed by atoms with E-state index in [0.717, 1.165) is 22.3 Å². The standard InChI is InChI=1S/C25H34BrNO3.ClH/c1-17-6-11-23(22(14-17)25(3,4)5)30-16-21(28)15-27-12-13-29-24(18(27)2)19-7-9-20(26)10-8-19;/h6-11,14,18,21,24,28H,12-13,15-16H2,1-5H3;1H. The summed E-state index contributed by atoms with van der Waals surface area (Å²) in [5.74, 6) is 0.856. The molecule has 3 atom stereocenters. The van der Waals surface area contributed by atoms with Gasteiger partial charge in [-0.05, 0) is 48.6 Å². The molecule has 0 aliphatic carbocycles. The van der Waals surface area contributed by atoms with E-state index in [9.17, 15) is 5.11 Å². The van der Waals surface area contributed by atoms with Gasteiger partial charge in [-0.25, -0.2) is 0 Å². The predicted molar refractivity (Wildman–Crippen MR) is 132 cm³/mol. The molecule has 0 bridgehead atoms. The van der Waals surface area contributed by atoms with E-state index in [2.05, 4.69) is 79.7 Å². The van der Waals surface area contributed by atoms with Gasteiger partial charge in [0.2, 0.25) is 0 Å². The minimum atomic E-state index is -0.565. The highest BCUT2D eigenvalue weighted by atomic mass is 79.9. The first kappa shape index (κ1) is 26.1. The Morgan fingerprint density at radius 1 is 1.19 bits per heavy atom. The normalized spacial score (nSPS) is 20.7. The molecule has 2 aromatic rings. The summed E-state index contributed by atoms with van der Waals surface area (Å²) >= 11 is 3.49. The number of morpholine rings is 1. The molecule has 1 aliphatic rings. The van der Waals surface area contributed by atoms with Crippen molar-refractivity contribution in [2.45, 2.75) is 58.3 Å². The van der Waals surface area contributed by atoms with Crippen LogP contribution in [0.4, 0.5) is 0 Å². The van der Waals surface area contributed by atoms with Crippen LogP contribution in [0.2, 0.25) is 0 Å². The van der Waals surface area contributed by atoms with E-state index in [1.807, 2.05) is 18.2 Å². The van der Waals surface area contributed by atoms with Gasteiger partial charge < -0.3 is 14.6 Å². The SMILES string of the molecule is Cc1ccc(OCC(O)CN2CCOC(c3ccc(Br)cc3)C2C)c(C(C)(C)C)c1.Cl. The van der Waals surface area contributed by atoms with Gasteiger partial charge in [-0.1, -0.05) is 66.5 Å². The molecule has 172 valence electrons. The second-order valence-corrected chi connectivity index (χ2v) is 10.2. The number of halogens is 2. The lowest BCUT2D eigenvalue weighted by Gasteiger charge is -2.40. The van der Waals surface area contributed by atoms with Gasteiger partial charge in [0.05, 0.1) is 12.7 Å². The number of nitrogens with zero attached hydrogens (tertiary/aromatic N) is 1. The van der Waals surface area contributed by atoms with Crippen LogP contribution in [0, 0.1) is 6.92 Å². The molecule has 1 saturated heterocycles. The van der Waals surface area contributed by atoms with Gasteiger partial charge in [-0.3, -0.25) is 4.90 Å². The van der Waals surface area contributed by atoms with Crippen LogP contribution in [0.5, 0.6) is 5.75 Å². The summed E-state index contributed by atoms with van der Waals surface area (Å²) in [4.78, 5) is 2.30. The highest BCUT2D eigenvalue weighted by Crippen LogP contribution is 2.33. The first-order chi connectivity index (χ1) is 14.1. The lowest BCUT2D eigenvalue weighted by Crippen LogP contribution is -2.49. The zero-order valence-electron chi connectivity index (χ0n) is 19.1. The fourth-order valence-electron chi connectivity index (χ4n) is 3.98. The van der Waals surface area contributed by atoms with Crippen LogP contribution in [-0.2, 0) is 10.2 Å². The number of aliphatic hydroxyl groups is 1. The number of benzene rings is 2. The van der Waals surface area contributed by atoms with Crippen LogP contribution in [0.1, 0.15) is 50.5 Å². The molecule has 1 heterocycles. The summed E-state index contributed by atoms with van der Waals surface area (Å²) < 4.78 is 13.2. The van der Waals surface area contributed by atoms with Gasteiger partial charge in [0.15, 0.2) is 0 Å². The van der Waals surface area contributed by atoms with Crippen molar-refractivity contribution in [2.24, 2.45) is 0 Å². The number of aliphatic hydroxyl groups excluding tert-OH is 1. The van der Waals surface area contributed by atoms with Crippen LogP contribution >= 0.6 is 28.3 Å². The van der Waals surface area contributed by atoms with Gasteiger partial charge in [0.1, 0.15) is 18.5 Å². The number of hydrogen-bond acceptors (Lipinski definition) is 4. The maximum absolute atomic E-state index is 10.7. The fourth-order valence-corrected chi connectivity index (χ4v) is 4.25. The molecule has 0 amide bonds. The van der Waals surface area contributed by atoms with Gasteiger partial charge >= 0.3 is 0 Å². The van der Waals surface area contributed by atoms with Crippen LogP contribution in [0.15, 0.2) is 46.9 Å². The van der Waals surface area contributed by atoms with Crippen molar-refractivity contribution >= 4 is 28.3 Å². The summed E-state index contributed by atoms with van der Waals surface area (Å²) in [7, 11) is 0. The monoisotopic (exact) mass is 511 g/mol. The molecule has 3 rings (SSSR count). The average Bonchev–Trinajstić information content (AvgIpc) is 2.69. The third kappa shape index (κ3) is 6.93. The molecule has 0 radical (unpaired) electrons. The number of aryl methyl sites for hydroxylation is 1. The Morgan fingerprint density at radius 2 is 1.87 bits per heavy atom. The number of ether oxygens (including phenoxy) is 2. The zero-order valence-corrected chi connectivity index (χ0v) is 21.5. The van der Waals surface area contributed by atoms with Crippen molar-refractivity contribution < 1.29 is 14.6 Å². The lowest BCUT2D eigenvalue weighted by molar-refractivity contribution is -0.0805. The Balaban J connectivity index is 0.00000341. The Kier molecular flexibility index (Phi) is 9.41. The molecule has 0 saturated carbocycles. The largest absolute Gasteiger partial charge is 0.491 e. The quantitative estimate of drug-likeness (QED) is 0.541. The Bertz CT molecular complexity index is 838. The average molecular weight is 513 g/mol. The second kappa shape index (κ2) is 11.2. The summed E-state index contributed by atoms with van der Waals surface area (Å²) in [5.41, 5.74) is 3.54. The summed E-state index contributed by atoms with van der Waals surface area (Å²) in [5, 5.41) is 10.7. The van der Waals surface area contributed by atoms with E-state index in [0.29, 0.717) is 13.2 Å². The molecule has 6 heteroatoms. The smallest absolute Gasteiger partial charge is 0.123 e. The van der Waals surface area contributed by atoms with Crippen molar-refractivity contribution in [3.63, 3.8) is 0 Å². The molecule has 1 fully saturated rings. The van der Waals surface area contributed by atoms with Gasteiger partial charge in [-0.15, -0.1) is 12.4 Å². The topological polar surface area (TPSA) is 41.9 Å². The van der Waals surface area contributed by atoms with Crippen LogP contribution < -0.4 is 4.74 Å². The summed E-state index contributed by atoms with van der Waals surface area (Å²) in [6.45, 7) is 13.1. The highest BCUT2D eigenvalue weighted by Gasteiger charge is 2.31. The maximum Gasteiger partial charge on any atom is 0.123 e. The van der Waals surface area contributed by atoms with Crippen molar-refractivity contribution in [3.8, 4) is 5.75 Å². The Morgan fingerprint density at radius 3 is 2.52 bits per heavy atom. The number of rotatable bonds is 6. The third-order valence-electron chi connectivity index (χ3n) is 5.71. The molecule has 3 unspecified atom stereocenters. The minimum absolute atomic E-state index is 0. The molecule has 1 N–H and O–H groups in total. The molecule has 1 aliphatic heterocycles. The van der Waals surface area contributed by atoms with Crippen LogP contribution in [0.25, 0.3) is 0 Å². The second-order valence-electron chi connectivity index (χ2n) is 9.29. The number of hydrogen-bond donors (Lipinski definition) is 1. The first-order valence-electron chi connectivity index (χ1n) is 10.7. The van der Waals surface area contributed by atoms with E-state index in [-0.39, 0.29) is 36.6 Å². The lowest BCUT2D eigenvalue weighted by atomic mass is 9.85. The first-order valence-corrected chi connectivity index (χ1v) is 11.5. The van der Waals surface area contributed by atoms with Crippen molar-refractivity contribution in [1.29, 1.82) is 0 Å². The molecule has 2 aromatic carbocycles. The Hall–Kier alpha value is -1.11. The molecular formula is C25H35BrClNO3. The van der Waals surface area contributed by atoms with Crippen molar-refractivity contribution in [1.82, 2.24) is 4.90 Å². The zero-order chi connectivity index (χ0) is 21.9. The molecular weight excluding hydrogens is 478 g/mol. The summed E-state index contributed by atoms with van der Waals surface area (Å²) in [6.07, 6.45) is -0.560. The fraction of sp³-hybridized carbons (Fsp3) is 0.520. The molecule has 0 aromatic heterocycles. The van der Waals surface area contributed by atoms with Crippen molar-refractivity contribution in [3.05, 3.63) is 63.6 Å². The maximum atomic E-state index is 10.7. The number of β-amino-alcohol motifs (C(OH)–C–C–N with tert-alkyl or cyclic N) is 1. The molecule has 0 spiro atoms. The Labute approximate surface area is 201 Å². The minimum Gasteiger partial charge on any atom is -0.491 e. The van der Waals surface area contributed by atoms with E-state index in [1.54, 1.807) is 0 Å². The van der Waals surface area contributed by atoms with Crippen LogP contribution in [-0.4, -0.2) is 48.5 Å². The highest BCUT2D eigenvalue weighted by molar-refractivity contribution is 9.10. The van der Waals surface area contributed by atoms with Crippen molar-refractivity contribution in [2.75, 3.05) is 26.3 Å². The van der Waals surface area contributed by atoms with E-state index < -0.39 is 6.10 Å². The molecule has 4 nitrogen and oxygen atoms in total. The third-order valence-corrected chi connectivity index (χ3v) is 6.24. The summed E-state index contributed by atoms with van der Waals surface area (Å²) in [6, 6.07) is 14.7. The van der Waals surface area contributed by atoms with E-state index in [1.165, 1.54) is 11.1 Å².